The molecular formula is C10H14N4O3. The van der Waals surface area contributed by atoms with E-state index in [1.807, 2.05) is 6.92 Å². The molecule has 1 aromatic rings. The van der Waals surface area contributed by atoms with Gasteiger partial charge in [0, 0.05) is 13.1 Å². The molecule has 7 heteroatoms. The van der Waals surface area contributed by atoms with Crippen LogP contribution in [0.25, 0.3) is 0 Å². The van der Waals surface area contributed by atoms with Gasteiger partial charge in [-0.25, -0.2) is 4.98 Å². The maximum atomic E-state index is 12.0. The number of nitrogens with zero attached hydrogens (tertiary/aromatic N) is 3. The number of esters is 1. The summed E-state index contributed by atoms with van der Waals surface area (Å²) in [5.41, 5.74) is 0. The third kappa shape index (κ3) is 2.13. The number of hydrogen-bond acceptors (Lipinski definition) is 5. The van der Waals surface area contributed by atoms with Crippen molar-refractivity contribution in [3.05, 3.63) is 12.2 Å². The van der Waals surface area contributed by atoms with Gasteiger partial charge in [0.05, 0.1) is 13.0 Å². The van der Waals surface area contributed by atoms with Crippen LogP contribution in [-0.2, 0) is 9.53 Å². The molecule has 7 nitrogen and oxygen atoms in total. The van der Waals surface area contributed by atoms with E-state index in [2.05, 4.69) is 15.2 Å². The van der Waals surface area contributed by atoms with Crippen LogP contribution in [0.2, 0.25) is 0 Å². The number of carbonyl (C=O) groups is 2. The lowest BCUT2D eigenvalue weighted by Crippen LogP contribution is -2.31. The van der Waals surface area contributed by atoms with E-state index < -0.39 is 0 Å². The molecule has 2 rings (SSSR count). The number of aromatic nitrogens is 3. The van der Waals surface area contributed by atoms with Crippen molar-refractivity contribution in [2.75, 3.05) is 20.2 Å². The molecule has 1 fully saturated rings. The zero-order chi connectivity index (χ0) is 12.4. The quantitative estimate of drug-likeness (QED) is 0.714. The van der Waals surface area contributed by atoms with E-state index in [-0.39, 0.29) is 29.5 Å². The molecule has 0 spiro atoms. The van der Waals surface area contributed by atoms with Gasteiger partial charge >= 0.3 is 5.97 Å². The minimum Gasteiger partial charge on any atom is -0.469 e. The highest BCUT2D eigenvalue weighted by Gasteiger charge is 2.38. The van der Waals surface area contributed by atoms with E-state index in [9.17, 15) is 9.59 Å². The van der Waals surface area contributed by atoms with Crippen molar-refractivity contribution in [2.45, 2.75) is 6.92 Å². The minimum absolute atomic E-state index is 0.0920. The Morgan fingerprint density at radius 1 is 1.53 bits per heavy atom. The number of nitrogens with one attached hydrogen (secondary N) is 1. The van der Waals surface area contributed by atoms with Gasteiger partial charge in [-0.15, -0.1) is 0 Å². The molecule has 1 aromatic heterocycles. The van der Waals surface area contributed by atoms with Crippen LogP contribution in [-0.4, -0.2) is 52.2 Å². The molecule has 2 unspecified atom stereocenters. The number of ether oxygens (including phenoxy) is 1. The largest absolute Gasteiger partial charge is 0.469 e. The molecule has 92 valence electrons. The van der Waals surface area contributed by atoms with Crippen molar-refractivity contribution in [1.82, 2.24) is 20.1 Å². The smallest absolute Gasteiger partial charge is 0.310 e. The second kappa shape index (κ2) is 4.52. The third-order valence-corrected chi connectivity index (χ3v) is 3.02. The summed E-state index contributed by atoms with van der Waals surface area (Å²) in [6.45, 7) is 2.82. The first-order chi connectivity index (χ1) is 8.13. The monoisotopic (exact) mass is 238 g/mol. The first kappa shape index (κ1) is 11.6. The van der Waals surface area contributed by atoms with Crippen LogP contribution in [0.15, 0.2) is 6.33 Å². The molecule has 1 amide bonds. The molecule has 2 atom stereocenters. The fourth-order valence-corrected chi connectivity index (χ4v) is 2.05. The Morgan fingerprint density at radius 3 is 2.88 bits per heavy atom. The second-order valence-corrected chi connectivity index (χ2v) is 4.15. The van der Waals surface area contributed by atoms with E-state index in [0.29, 0.717) is 13.1 Å². The summed E-state index contributed by atoms with van der Waals surface area (Å²) >= 11 is 0. The summed E-state index contributed by atoms with van der Waals surface area (Å²) in [6, 6.07) is 0. The molecule has 1 saturated heterocycles. The Kier molecular flexibility index (Phi) is 3.08. The van der Waals surface area contributed by atoms with Crippen molar-refractivity contribution >= 4 is 11.9 Å². The van der Waals surface area contributed by atoms with Crippen LogP contribution in [0.4, 0.5) is 0 Å². The van der Waals surface area contributed by atoms with Gasteiger partial charge in [0.25, 0.3) is 5.91 Å². The first-order valence-corrected chi connectivity index (χ1v) is 5.36. The molecule has 0 radical (unpaired) electrons. The van der Waals surface area contributed by atoms with Crippen LogP contribution in [0.1, 0.15) is 17.5 Å². The molecule has 1 aliphatic rings. The van der Waals surface area contributed by atoms with E-state index in [0.717, 1.165) is 0 Å². The van der Waals surface area contributed by atoms with Gasteiger partial charge in [0.15, 0.2) is 0 Å². The number of methoxy groups -OCH3 is 1. The van der Waals surface area contributed by atoms with Crippen LogP contribution >= 0.6 is 0 Å². The van der Waals surface area contributed by atoms with Gasteiger partial charge in [0.1, 0.15) is 6.33 Å². The van der Waals surface area contributed by atoms with Crippen LogP contribution in [0.5, 0.6) is 0 Å². The summed E-state index contributed by atoms with van der Waals surface area (Å²) in [4.78, 5) is 28.8. The van der Waals surface area contributed by atoms with E-state index >= 15 is 0 Å². The van der Waals surface area contributed by atoms with Crippen LogP contribution in [0, 0.1) is 11.8 Å². The molecule has 17 heavy (non-hydrogen) atoms. The fourth-order valence-electron chi connectivity index (χ4n) is 2.05. The van der Waals surface area contributed by atoms with Crippen LogP contribution in [0.3, 0.4) is 0 Å². The topological polar surface area (TPSA) is 88.2 Å². The first-order valence-electron chi connectivity index (χ1n) is 5.36. The predicted octanol–water partition coefficient (Wildman–Crippen LogP) is -0.314. The minimum atomic E-state index is -0.273. The number of aromatic amines is 1. The SMILES string of the molecule is COC(=O)C1CN(C(=O)c2ncn[nH]2)CC1C. The molecular weight excluding hydrogens is 224 g/mol. The highest BCUT2D eigenvalue weighted by atomic mass is 16.5. The summed E-state index contributed by atoms with van der Waals surface area (Å²) < 4.78 is 4.71. The maximum Gasteiger partial charge on any atom is 0.310 e. The van der Waals surface area contributed by atoms with Crippen molar-refractivity contribution in [3.8, 4) is 0 Å². The number of H-pyrrole nitrogens is 1. The summed E-state index contributed by atoms with van der Waals surface area (Å²) in [7, 11) is 1.36. The zero-order valence-corrected chi connectivity index (χ0v) is 9.71. The highest BCUT2D eigenvalue weighted by Crippen LogP contribution is 2.24. The van der Waals surface area contributed by atoms with Crippen molar-refractivity contribution in [3.63, 3.8) is 0 Å². The third-order valence-electron chi connectivity index (χ3n) is 3.02. The average molecular weight is 238 g/mol. The molecule has 1 N–H and O–H groups in total. The van der Waals surface area contributed by atoms with Gasteiger partial charge < -0.3 is 9.64 Å². The summed E-state index contributed by atoms with van der Waals surface area (Å²) in [5.74, 6) is -0.477. The van der Waals surface area contributed by atoms with Gasteiger partial charge in [-0.05, 0) is 5.92 Å². The Bertz CT molecular complexity index is 417. The normalized spacial score (nSPS) is 23.8. The lowest BCUT2D eigenvalue weighted by molar-refractivity contribution is -0.146. The molecule has 0 aromatic carbocycles. The van der Waals surface area contributed by atoms with Gasteiger partial charge in [-0.3, -0.25) is 14.7 Å². The maximum absolute atomic E-state index is 12.0. The standard InChI is InChI=1S/C10H14N4O3/c1-6-3-14(4-7(6)10(16)17-2)9(15)8-11-5-12-13-8/h5-7H,3-4H2,1-2H3,(H,11,12,13). The fraction of sp³-hybridized carbons (Fsp3) is 0.600. The highest BCUT2D eigenvalue weighted by molar-refractivity contribution is 5.91. The van der Waals surface area contributed by atoms with Crippen LogP contribution < -0.4 is 0 Å². The van der Waals surface area contributed by atoms with Gasteiger partial charge in [-0.2, -0.15) is 5.10 Å². The molecule has 0 bridgehead atoms. The number of rotatable bonds is 2. The average Bonchev–Trinajstić information content (AvgIpc) is 2.96. The molecule has 0 saturated carbocycles. The van der Waals surface area contributed by atoms with E-state index in [1.54, 1.807) is 4.90 Å². The van der Waals surface area contributed by atoms with Crippen molar-refractivity contribution in [2.24, 2.45) is 11.8 Å². The predicted molar refractivity (Wildman–Crippen MR) is 57.0 cm³/mol. The Labute approximate surface area is 98.2 Å². The summed E-state index contributed by atoms with van der Waals surface area (Å²) in [6.07, 6.45) is 1.28. The van der Waals surface area contributed by atoms with E-state index in [4.69, 9.17) is 4.74 Å². The van der Waals surface area contributed by atoms with Crippen molar-refractivity contribution in [1.29, 1.82) is 0 Å². The Hall–Kier alpha value is -1.92. The van der Waals surface area contributed by atoms with Gasteiger partial charge in [-0.1, -0.05) is 6.92 Å². The second-order valence-electron chi connectivity index (χ2n) is 4.15. The Balaban J connectivity index is 2.06. The number of hydrogen-bond donors (Lipinski definition) is 1. The lowest BCUT2D eigenvalue weighted by Gasteiger charge is -2.13. The lowest BCUT2D eigenvalue weighted by atomic mass is 9.99. The van der Waals surface area contributed by atoms with Crippen molar-refractivity contribution < 1.29 is 14.3 Å². The number of likely N-dealkylation sites (tertiary alicyclic amines) is 1. The molecule has 0 aliphatic carbocycles. The van der Waals surface area contributed by atoms with Gasteiger partial charge in [0.2, 0.25) is 5.82 Å². The molecule has 2 heterocycles. The zero-order valence-electron chi connectivity index (χ0n) is 9.71. The Morgan fingerprint density at radius 2 is 2.29 bits per heavy atom. The number of amides is 1. The summed E-state index contributed by atoms with van der Waals surface area (Å²) in [5, 5.41) is 6.15. The number of carbonyl (C=O) groups excluding carboxylic acids is 2. The van der Waals surface area contributed by atoms with E-state index in [1.165, 1.54) is 13.4 Å². The molecule has 1 aliphatic heterocycles.